The third-order valence-electron chi connectivity index (χ3n) is 2.28. The smallest absolute Gasteiger partial charge is 0.155 e. The monoisotopic (exact) mass is 250 g/mol. The topological polar surface area (TPSA) is 85.2 Å². The number of ether oxygens (including phenoxy) is 3. The van der Waals surface area contributed by atoms with Crippen molar-refractivity contribution in [2.75, 3.05) is 26.1 Å². The van der Waals surface area contributed by atoms with Crippen LogP contribution >= 0.6 is 0 Å². The van der Waals surface area contributed by atoms with E-state index in [-0.39, 0.29) is 12.4 Å². The fourth-order valence-corrected chi connectivity index (χ4v) is 2.06. The highest BCUT2D eigenvalue weighted by Gasteiger charge is 2.42. The lowest BCUT2D eigenvalue weighted by Gasteiger charge is -2.18. The molecule has 3 unspecified atom stereocenters. The molecule has 0 saturated carbocycles. The van der Waals surface area contributed by atoms with Crippen molar-refractivity contribution in [1.29, 1.82) is 0 Å². The normalized spacial score (nSPS) is 36.4. The first kappa shape index (κ1) is 14.1. The van der Waals surface area contributed by atoms with Crippen LogP contribution in [0.15, 0.2) is 0 Å². The molecule has 1 saturated heterocycles. The molecule has 2 N–H and O–H groups in total. The maximum absolute atomic E-state index is 10.6. The SMILES string of the molecule is [B][C@@H]1O[C@H](CS(=O)O)C(O)C1OCCOC. The van der Waals surface area contributed by atoms with Crippen molar-refractivity contribution in [3.05, 3.63) is 0 Å². The number of aliphatic hydroxyl groups is 1. The van der Waals surface area contributed by atoms with E-state index >= 15 is 0 Å². The number of hydrogen-bond donors (Lipinski definition) is 2. The van der Waals surface area contributed by atoms with E-state index in [2.05, 4.69) is 0 Å². The highest BCUT2D eigenvalue weighted by Crippen LogP contribution is 2.22. The summed E-state index contributed by atoms with van der Waals surface area (Å²) in [6, 6.07) is -0.791. The van der Waals surface area contributed by atoms with E-state index in [1.54, 1.807) is 0 Å². The molecule has 6 nitrogen and oxygen atoms in total. The van der Waals surface area contributed by atoms with Crippen LogP contribution in [-0.4, -0.2) is 72.1 Å². The van der Waals surface area contributed by atoms with Crippen LogP contribution in [0.2, 0.25) is 0 Å². The lowest BCUT2D eigenvalue weighted by Crippen LogP contribution is -2.37. The average Bonchev–Trinajstić information content (AvgIpc) is 2.45. The second kappa shape index (κ2) is 6.68. The molecule has 0 aromatic carbocycles. The summed E-state index contributed by atoms with van der Waals surface area (Å²) in [6.45, 7) is 0.663. The van der Waals surface area contributed by atoms with E-state index in [0.29, 0.717) is 6.61 Å². The Morgan fingerprint density at radius 2 is 2.19 bits per heavy atom. The van der Waals surface area contributed by atoms with Crippen molar-refractivity contribution in [3.8, 4) is 0 Å². The van der Waals surface area contributed by atoms with Gasteiger partial charge in [-0.25, -0.2) is 4.21 Å². The molecule has 92 valence electrons. The predicted molar refractivity (Wildman–Crippen MR) is 57.7 cm³/mol. The molecule has 1 aliphatic heterocycles. The summed E-state index contributed by atoms with van der Waals surface area (Å²) in [5, 5.41) is 9.75. The maximum atomic E-state index is 10.6. The zero-order chi connectivity index (χ0) is 12.1. The van der Waals surface area contributed by atoms with Crippen LogP contribution in [0.3, 0.4) is 0 Å². The quantitative estimate of drug-likeness (QED) is 0.339. The van der Waals surface area contributed by atoms with E-state index in [1.807, 2.05) is 0 Å². The van der Waals surface area contributed by atoms with Crippen LogP contribution < -0.4 is 0 Å². The summed E-state index contributed by atoms with van der Waals surface area (Å²) in [4.78, 5) is 0. The van der Waals surface area contributed by atoms with Crippen LogP contribution in [0.4, 0.5) is 0 Å². The molecule has 2 radical (unpaired) electrons. The number of methoxy groups -OCH3 is 1. The van der Waals surface area contributed by atoms with Gasteiger partial charge in [-0.3, -0.25) is 0 Å². The van der Waals surface area contributed by atoms with Crippen LogP contribution in [0, 0.1) is 0 Å². The summed E-state index contributed by atoms with van der Waals surface area (Å²) in [7, 11) is 7.12. The largest absolute Gasteiger partial charge is 0.388 e. The van der Waals surface area contributed by atoms with Crippen molar-refractivity contribution in [1.82, 2.24) is 0 Å². The summed E-state index contributed by atoms with van der Waals surface area (Å²) in [5.41, 5.74) is 0. The summed E-state index contributed by atoms with van der Waals surface area (Å²) in [5.74, 6) is -0.182. The van der Waals surface area contributed by atoms with Gasteiger partial charge in [0.1, 0.15) is 20.1 Å². The molecule has 1 aliphatic rings. The fourth-order valence-electron chi connectivity index (χ4n) is 1.51. The Bertz CT molecular complexity index is 241. The van der Waals surface area contributed by atoms with E-state index in [4.69, 9.17) is 26.6 Å². The number of hydrogen-bond acceptors (Lipinski definition) is 5. The Labute approximate surface area is 98.0 Å². The Kier molecular flexibility index (Phi) is 5.88. The van der Waals surface area contributed by atoms with Gasteiger partial charge in [0.25, 0.3) is 0 Å². The van der Waals surface area contributed by atoms with Gasteiger partial charge in [0, 0.05) is 13.1 Å². The van der Waals surface area contributed by atoms with Gasteiger partial charge in [0.15, 0.2) is 11.1 Å². The van der Waals surface area contributed by atoms with Gasteiger partial charge in [-0.05, 0) is 0 Å². The van der Waals surface area contributed by atoms with Crippen molar-refractivity contribution >= 4 is 18.9 Å². The van der Waals surface area contributed by atoms with E-state index < -0.39 is 35.4 Å². The molecule has 0 aromatic heterocycles. The lowest BCUT2D eigenvalue weighted by molar-refractivity contribution is -0.0372. The van der Waals surface area contributed by atoms with Crippen molar-refractivity contribution < 1.29 is 28.1 Å². The third-order valence-corrected chi connectivity index (χ3v) is 2.89. The van der Waals surface area contributed by atoms with E-state index in [9.17, 15) is 9.32 Å². The zero-order valence-electron chi connectivity index (χ0n) is 8.94. The van der Waals surface area contributed by atoms with Gasteiger partial charge in [-0.2, -0.15) is 0 Å². The number of aliphatic hydroxyl groups excluding tert-OH is 1. The molecule has 0 aromatic rings. The molecule has 1 heterocycles. The molecule has 8 heteroatoms. The second-order valence-corrected chi connectivity index (χ2v) is 4.42. The second-order valence-electron chi connectivity index (χ2n) is 3.45. The Balaban J connectivity index is 2.43. The molecule has 0 aliphatic carbocycles. The molecular formula is C8H15BO6S. The van der Waals surface area contributed by atoms with Crippen LogP contribution in [-0.2, 0) is 25.3 Å². The minimum Gasteiger partial charge on any atom is -0.388 e. The fraction of sp³-hybridized carbons (Fsp3) is 1.00. The molecule has 0 amide bonds. The van der Waals surface area contributed by atoms with Crippen molar-refractivity contribution in [3.63, 3.8) is 0 Å². The van der Waals surface area contributed by atoms with Gasteiger partial charge in [0.2, 0.25) is 0 Å². The standard InChI is InChI=1S/C8H15BO6S/c1-13-2-3-14-7-6(10)5(4-16(11)12)15-8(7)9/h5-8,10H,2-4H2,1H3,(H,11,12)/t5-,6?,7?,8-/m1/s1. The highest BCUT2D eigenvalue weighted by atomic mass is 32.2. The molecule has 1 fully saturated rings. The Hall–Kier alpha value is 0.0149. The van der Waals surface area contributed by atoms with Gasteiger partial charge in [0.05, 0.1) is 25.1 Å². The first-order chi connectivity index (χ1) is 7.56. The molecule has 5 atom stereocenters. The van der Waals surface area contributed by atoms with Gasteiger partial charge >= 0.3 is 0 Å². The van der Waals surface area contributed by atoms with Crippen LogP contribution in [0.1, 0.15) is 0 Å². The van der Waals surface area contributed by atoms with Crippen molar-refractivity contribution in [2.45, 2.75) is 24.3 Å². The molecule has 0 spiro atoms. The minimum atomic E-state index is -2.03. The Morgan fingerprint density at radius 3 is 2.75 bits per heavy atom. The van der Waals surface area contributed by atoms with Gasteiger partial charge < -0.3 is 23.9 Å². The van der Waals surface area contributed by atoms with Gasteiger partial charge in [-0.15, -0.1) is 0 Å². The van der Waals surface area contributed by atoms with E-state index in [0.717, 1.165) is 0 Å². The Morgan fingerprint density at radius 1 is 1.50 bits per heavy atom. The third kappa shape index (κ3) is 3.79. The summed E-state index contributed by atoms with van der Waals surface area (Å²) >= 11 is -2.03. The van der Waals surface area contributed by atoms with Gasteiger partial charge in [-0.1, -0.05) is 0 Å². The average molecular weight is 250 g/mol. The summed E-state index contributed by atoms with van der Waals surface area (Å²) < 4.78 is 34.5. The lowest BCUT2D eigenvalue weighted by atomic mass is 9.93. The zero-order valence-corrected chi connectivity index (χ0v) is 9.76. The van der Waals surface area contributed by atoms with Crippen LogP contribution in [0.25, 0.3) is 0 Å². The first-order valence-corrected chi connectivity index (χ1v) is 6.11. The maximum Gasteiger partial charge on any atom is 0.155 e. The molecular weight excluding hydrogens is 235 g/mol. The molecule has 1 rings (SSSR count). The summed E-state index contributed by atoms with van der Waals surface area (Å²) in [6.07, 6.45) is -2.46. The van der Waals surface area contributed by atoms with Crippen LogP contribution in [0.5, 0.6) is 0 Å². The van der Waals surface area contributed by atoms with Crippen molar-refractivity contribution in [2.24, 2.45) is 0 Å². The highest BCUT2D eigenvalue weighted by molar-refractivity contribution is 7.79. The molecule has 0 bridgehead atoms. The molecule has 16 heavy (non-hydrogen) atoms. The minimum absolute atomic E-state index is 0.182. The predicted octanol–water partition coefficient (Wildman–Crippen LogP) is -1.51. The van der Waals surface area contributed by atoms with E-state index in [1.165, 1.54) is 7.11 Å². The number of rotatable bonds is 6. The first-order valence-electron chi connectivity index (χ1n) is 4.83.